The van der Waals surface area contributed by atoms with Crippen LogP contribution in [0.25, 0.3) is 0 Å². The Morgan fingerprint density at radius 2 is 0.941 bits per heavy atom. The van der Waals surface area contributed by atoms with Crippen LogP contribution in [0.5, 0.6) is 0 Å². The number of ether oxygens (including phenoxy) is 4. The van der Waals surface area contributed by atoms with Crippen LogP contribution in [0.2, 0.25) is 0 Å². The number of hydrogen-bond acceptors (Lipinski definition) is 9. The number of unbranched alkanes of at least 4 members (excludes halogenated alkanes) is 8. The lowest BCUT2D eigenvalue weighted by atomic mass is 10.1. The Hall–Kier alpha value is -2.45. The fourth-order valence-corrected chi connectivity index (χ4v) is 2.75. The molecule has 0 bridgehead atoms. The lowest BCUT2D eigenvalue weighted by Gasteiger charge is -2.15. The number of esters is 5. The molecule has 9 heteroatoms. The van der Waals surface area contributed by atoms with Gasteiger partial charge in [0.2, 0.25) is 0 Å². The molecular weight excluding hydrogens is 444 g/mol. The second-order valence-electron chi connectivity index (χ2n) is 8.01. The van der Waals surface area contributed by atoms with E-state index in [9.17, 15) is 24.0 Å². The molecule has 0 rings (SSSR count). The molecular formula is C25H44O9. The maximum absolute atomic E-state index is 11.4. The highest BCUT2D eigenvalue weighted by atomic mass is 16.6. The summed E-state index contributed by atoms with van der Waals surface area (Å²) in [6, 6.07) is 0. The second-order valence-corrected chi connectivity index (χ2v) is 8.01. The summed E-state index contributed by atoms with van der Waals surface area (Å²) >= 11 is 0. The molecule has 0 aliphatic carbocycles. The Kier molecular flexibility index (Phi) is 23.5. The van der Waals surface area contributed by atoms with Gasteiger partial charge in [-0.25, -0.2) is 0 Å². The summed E-state index contributed by atoms with van der Waals surface area (Å²) in [6.45, 7) is 7.76. The number of carbonyl (C=O) groups excluding carboxylic acids is 5. The van der Waals surface area contributed by atoms with E-state index in [-0.39, 0.29) is 25.2 Å². The molecule has 9 nitrogen and oxygen atoms in total. The minimum Gasteiger partial charge on any atom is -0.462 e. The summed E-state index contributed by atoms with van der Waals surface area (Å²) in [4.78, 5) is 54.4. The summed E-state index contributed by atoms with van der Waals surface area (Å²) in [5.74, 6) is -2.21. The third kappa shape index (κ3) is 27.6. The van der Waals surface area contributed by atoms with E-state index in [0.29, 0.717) is 12.8 Å². The Balaban J connectivity index is 0. The van der Waals surface area contributed by atoms with Crippen molar-refractivity contribution in [3.63, 3.8) is 0 Å². The van der Waals surface area contributed by atoms with Crippen molar-refractivity contribution >= 4 is 29.8 Å². The quantitative estimate of drug-likeness (QED) is 0.123. The zero-order valence-electron chi connectivity index (χ0n) is 21.7. The van der Waals surface area contributed by atoms with Gasteiger partial charge in [0.15, 0.2) is 6.10 Å². The molecule has 0 heterocycles. The van der Waals surface area contributed by atoms with Gasteiger partial charge in [-0.15, -0.1) is 0 Å². The predicted octanol–water partition coefficient (Wildman–Crippen LogP) is 4.82. The van der Waals surface area contributed by atoms with Gasteiger partial charge in [-0.1, -0.05) is 65.2 Å². The van der Waals surface area contributed by atoms with Gasteiger partial charge in [0.25, 0.3) is 0 Å². The van der Waals surface area contributed by atoms with Gasteiger partial charge in [-0.05, 0) is 12.8 Å². The molecule has 0 N–H and O–H groups in total. The van der Waals surface area contributed by atoms with E-state index in [1.807, 2.05) is 0 Å². The standard InChI is InChI=1S/C16H30O3.C9H14O6/c1-3-5-7-9-11-13-15(17)19-16(18)14-12-10-8-6-4-2;1-6(10)13-4-9(15-8(3)12)5-14-7(2)11/h3-14H2,1-2H3;9H,4-5H2,1-3H3. The van der Waals surface area contributed by atoms with Gasteiger partial charge in [0, 0.05) is 33.6 Å². The third-order valence-corrected chi connectivity index (χ3v) is 4.47. The smallest absolute Gasteiger partial charge is 0.313 e. The summed E-state index contributed by atoms with van der Waals surface area (Å²) in [7, 11) is 0. The van der Waals surface area contributed by atoms with Crippen LogP contribution in [-0.4, -0.2) is 49.2 Å². The zero-order chi connectivity index (χ0) is 26.2. The van der Waals surface area contributed by atoms with E-state index in [1.54, 1.807) is 0 Å². The van der Waals surface area contributed by atoms with E-state index >= 15 is 0 Å². The fraction of sp³-hybridized carbons (Fsp3) is 0.800. The van der Waals surface area contributed by atoms with Crippen molar-refractivity contribution in [2.75, 3.05) is 13.2 Å². The number of rotatable bonds is 17. The molecule has 0 aromatic rings. The van der Waals surface area contributed by atoms with Gasteiger partial charge >= 0.3 is 29.8 Å². The molecule has 0 fully saturated rings. The first-order valence-electron chi connectivity index (χ1n) is 12.3. The van der Waals surface area contributed by atoms with Gasteiger partial charge in [0.05, 0.1) is 0 Å². The Labute approximate surface area is 204 Å². The van der Waals surface area contributed by atoms with Crippen molar-refractivity contribution in [1.29, 1.82) is 0 Å². The van der Waals surface area contributed by atoms with E-state index in [2.05, 4.69) is 23.3 Å². The number of carbonyl (C=O) groups is 5. The van der Waals surface area contributed by atoms with Crippen LogP contribution in [-0.2, 0) is 42.9 Å². The average molecular weight is 489 g/mol. The van der Waals surface area contributed by atoms with Crippen molar-refractivity contribution in [2.45, 2.75) is 118 Å². The monoisotopic (exact) mass is 488 g/mol. The van der Waals surface area contributed by atoms with Crippen LogP contribution >= 0.6 is 0 Å². The lowest BCUT2D eigenvalue weighted by Crippen LogP contribution is -2.29. The molecule has 198 valence electrons. The van der Waals surface area contributed by atoms with Gasteiger partial charge in [0.1, 0.15) is 13.2 Å². The highest BCUT2D eigenvalue weighted by molar-refractivity contribution is 5.85. The van der Waals surface area contributed by atoms with E-state index in [4.69, 9.17) is 9.47 Å². The predicted molar refractivity (Wildman–Crippen MR) is 127 cm³/mol. The summed E-state index contributed by atoms with van der Waals surface area (Å²) in [6.07, 6.45) is 10.9. The molecule has 0 amide bonds. The van der Waals surface area contributed by atoms with Crippen molar-refractivity contribution in [3.05, 3.63) is 0 Å². The van der Waals surface area contributed by atoms with E-state index in [0.717, 1.165) is 38.5 Å². The largest absolute Gasteiger partial charge is 0.462 e. The van der Waals surface area contributed by atoms with Crippen molar-refractivity contribution in [1.82, 2.24) is 0 Å². The normalized spacial score (nSPS) is 10.1. The first-order chi connectivity index (χ1) is 16.1. The molecule has 0 unspecified atom stereocenters. The van der Waals surface area contributed by atoms with Crippen molar-refractivity contribution in [3.8, 4) is 0 Å². The van der Waals surface area contributed by atoms with Crippen LogP contribution in [0.4, 0.5) is 0 Å². The molecule has 0 aliphatic rings. The maximum atomic E-state index is 11.4. The molecule has 0 atom stereocenters. The summed E-state index contributed by atoms with van der Waals surface area (Å²) in [5, 5.41) is 0. The molecule has 0 aromatic heterocycles. The summed E-state index contributed by atoms with van der Waals surface area (Å²) < 4.78 is 18.8. The van der Waals surface area contributed by atoms with Crippen LogP contribution < -0.4 is 0 Å². The molecule has 0 saturated heterocycles. The Bertz CT molecular complexity index is 545. The van der Waals surface area contributed by atoms with Crippen molar-refractivity contribution < 1.29 is 42.9 Å². The first-order valence-corrected chi connectivity index (χ1v) is 12.3. The SMILES string of the molecule is CC(=O)OCC(COC(C)=O)OC(C)=O.CCCCCCCC(=O)OC(=O)CCCCCCC. The topological polar surface area (TPSA) is 122 Å². The zero-order valence-corrected chi connectivity index (χ0v) is 21.7. The van der Waals surface area contributed by atoms with Crippen LogP contribution in [0.1, 0.15) is 112 Å². The van der Waals surface area contributed by atoms with E-state index < -0.39 is 24.0 Å². The Morgan fingerprint density at radius 1 is 0.559 bits per heavy atom. The molecule has 0 radical (unpaired) electrons. The maximum Gasteiger partial charge on any atom is 0.313 e. The number of hydrogen-bond donors (Lipinski definition) is 0. The summed E-state index contributed by atoms with van der Waals surface area (Å²) in [5.41, 5.74) is 0. The minimum atomic E-state index is -0.754. The van der Waals surface area contributed by atoms with Gasteiger partial charge < -0.3 is 18.9 Å². The Morgan fingerprint density at radius 3 is 1.26 bits per heavy atom. The van der Waals surface area contributed by atoms with E-state index in [1.165, 1.54) is 46.5 Å². The van der Waals surface area contributed by atoms with Crippen molar-refractivity contribution in [2.24, 2.45) is 0 Å². The molecule has 0 aromatic carbocycles. The average Bonchev–Trinajstić information content (AvgIpc) is 2.75. The molecule has 0 aliphatic heterocycles. The van der Waals surface area contributed by atoms with Gasteiger partial charge in [-0.3, -0.25) is 24.0 Å². The molecule has 34 heavy (non-hydrogen) atoms. The fourth-order valence-electron chi connectivity index (χ4n) is 2.75. The van der Waals surface area contributed by atoms with Crippen LogP contribution in [0, 0.1) is 0 Å². The van der Waals surface area contributed by atoms with Crippen LogP contribution in [0.3, 0.4) is 0 Å². The highest BCUT2D eigenvalue weighted by Crippen LogP contribution is 2.08. The first kappa shape index (κ1) is 33.7. The van der Waals surface area contributed by atoms with Crippen LogP contribution in [0.15, 0.2) is 0 Å². The van der Waals surface area contributed by atoms with Gasteiger partial charge in [-0.2, -0.15) is 0 Å². The minimum absolute atomic E-state index is 0.123. The third-order valence-electron chi connectivity index (χ3n) is 4.47. The lowest BCUT2D eigenvalue weighted by molar-refractivity contribution is -0.163. The molecule has 0 spiro atoms. The highest BCUT2D eigenvalue weighted by Gasteiger charge is 2.15. The second kappa shape index (κ2) is 23.7. The molecule has 0 saturated carbocycles.